The highest BCUT2D eigenvalue weighted by molar-refractivity contribution is 5.88. The predicted molar refractivity (Wildman–Crippen MR) is 181 cm³/mol. The Bertz CT molecular complexity index is 1620. The summed E-state index contributed by atoms with van der Waals surface area (Å²) in [6, 6.07) is -1.64. The molecule has 0 radical (unpaired) electrons. The quantitative estimate of drug-likeness (QED) is 0.294. The Kier molecular flexibility index (Phi) is 9.56. The second-order valence-electron chi connectivity index (χ2n) is 14.9. The fourth-order valence-corrected chi connectivity index (χ4v) is 8.86. The van der Waals surface area contributed by atoms with E-state index in [4.69, 9.17) is 18.9 Å². The topological polar surface area (TPSA) is 193 Å². The van der Waals surface area contributed by atoms with Crippen molar-refractivity contribution < 1.29 is 38.1 Å². The third-order valence-corrected chi connectivity index (χ3v) is 11.8. The summed E-state index contributed by atoms with van der Waals surface area (Å²) >= 11 is 0. The molecule has 2 aliphatic carbocycles. The number of imidazole rings is 2. The number of likely N-dealkylation sites (tertiary alicyclic amines) is 2. The van der Waals surface area contributed by atoms with E-state index in [-0.39, 0.29) is 47.8 Å². The van der Waals surface area contributed by atoms with Gasteiger partial charge in [-0.1, -0.05) is 0 Å². The molecule has 6 fully saturated rings. The lowest BCUT2D eigenvalue weighted by molar-refractivity contribution is -0.138. The van der Waals surface area contributed by atoms with E-state index in [1.807, 2.05) is 9.80 Å². The zero-order chi connectivity index (χ0) is 35.9. The van der Waals surface area contributed by atoms with Crippen molar-refractivity contribution in [1.82, 2.24) is 40.4 Å². The fraction of sp³-hybridized carbons (Fsp3) is 0.667. The number of rotatable bonds is 8. The van der Waals surface area contributed by atoms with Crippen LogP contribution in [0.1, 0.15) is 86.5 Å². The third-order valence-electron chi connectivity index (χ3n) is 11.8. The number of hydrogen-bond donors (Lipinski definition) is 4. The van der Waals surface area contributed by atoms with Gasteiger partial charge in [0.05, 0.1) is 38.7 Å². The highest BCUT2D eigenvalue weighted by Gasteiger charge is 2.58. The van der Waals surface area contributed by atoms with Crippen LogP contribution in [0.15, 0.2) is 12.4 Å². The molecule has 2 saturated carbocycles. The minimum atomic E-state index is -0.698. The van der Waals surface area contributed by atoms with E-state index in [2.05, 4.69) is 42.4 Å². The number of fused-ring (bicyclic) bond motifs is 2. The van der Waals surface area contributed by atoms with Crippen LogP contribution in [0, 0.1) is 35.5 Å². The summed E-state index contributed by atoms with van der Waals surface area (Å²) in [6.07, 6.45) is 8.31. The fourth-order valence-electron chi connectivity index (χ4n) is 8.86. The second kappa shape index (κ2) is 14.4. The molecule has 0 aromatic carbocycles. The lowest BCUT2D eigenvalue weighted by Gasteiger charge is -2.35. The molecule has 6 heterocycles. The minimum absolute atomic E-state index is 0.0405. The van der Waals surface area contributed by atoms with Gasteiger partial charge in [0.2, 0.25) is 11.8 Å². The molecule has 0 spiro atoms. The van der Waals surface area contributed by atoms with E-state index in [1.54, 1.807) is 12.4 Å². The zero-order valence-electron chi connectivity index (χ0n) is 29.5. The van der Waals surface area contributed by atoms with Crippen LogP contribution in [0.5, 0.6) is 0 Å². The Morgan fingerprint density at radius 1 is 0.712 bits per heavy atom. The van der Waals surface area contributed by atoms with Gasteiger partial charge in [-0.2, -0.15) is 0 Å². The summed E-state index contributed by atoms with van der Waals surface area (Å²) in [5.74, 6) is 8.11. The van der Waals surface area contributed by atoms with Gasteiger partial charge in [0.25, 0.3) is 0 Å². The van der Waals surface area contributed by atoms with Gasteiger partial charge < -0.3 is 49.3 Å². The standard InChI is InChI=1S/C36H46N8O8/c1-49-35(47)41-29(19-5-9-51-10-6-19)33(45)43-25-13-21(25)15-27(43)31-37-17-23(39-31)3-4-24-18-38-32(40-24)28-16-22-14-26(22)44(28)34(46)30(42-36(48)50-2)20-7-11-52-12-8-20/h17-22,25-30H,5-16H2,1-2H3,(H,37,39)(H,38,40)(H,41,47)(H,42,48)/t21-,22-,25-,26-,27+,28+,29+,30+/m1/s1. The molecule has 8 rings (SSSR count). The SMILES string of the molecule is COC(=O)N[C@H](C(=O)N1[C@@H]2C[C@@H]2C[C@H]1c1ncc(C#Cc2cnc([C@@H]3C[C@H]4C[C@H]4N3C(=O)[C@@H](NC(=O)OC)C3CCOCC3)[nH]2)[nH]1)C1CCOCC1. The average molecular weight is 719 g/mol. The molecule has 4 amide bonds. The number of ether oxygens (including phenoxy) is 4. The van der Waals surface area contributed by atoms with Crippen molar-refractivity contribution in [2.24, 2.45) is 23.7 Å². The molecule has 2 aromatic rings. The first-order chi connectivity index (χ1) is 25.3. The van der Waals surface area contributed by atoms with E-state index in [1.165, 1.54) is 14.2 Å². The minimum Gasteiger partial charge on any atom is -0.453 e. The first-order valence-electron chi connectivity index (χ1n) is 18.4. The number of aromatic amines is 2. The number of piperidine rings is 2. The Balaban J connectivity index is 0.959. The molecule has 4 aliphatic heterocycles. The number of hydrogen-bond acceptors (Lipinski definition) is 10. The molecule has 0 bridgehead atoms. The Labute approximate surface area is 301 Å². The highest BCUT2D eigenvalue weighted by atomic mass is 16.5. The van der Waals surface area contributed by atoms with Crippen molar-refractivity contribution in [2.75, 3.05) is 40.6 Å². The van der Waals surface area contributed by atoms with Crippen LogP contribution in [0.3, 0.4) is 0 Å². The molecule has 16 heteroatoms. The smallest absolute Gasteiger partial charge is 0.407 e. The van der Waals surface area contributed by atoms with Crippen LogP contribution < -0.4 is 10.6 Å². The summed E-state index contributed by atoms with van der Waals surface area (Å²) in [6.45, 7) is 2.20. The van der Waals surface area contributed by atoms with Crippen LogP contribution in [-0.2, 0) is 28.5 Å². The molecule has 4 saturated heterocycles. The number of methoxy groups -OCH3 is 2. The molecule has 52 heavy (non-hydrogen) atoms. The number of nitrogens with zero attached hydrogens (tertiary/aromatic N) is 4. The maximum absolute atomic E-state index is 14.1. The Morgan fingerprint density at radius 2 is 1.12 bits per heavy atom. The van der Waals surface area contributed by atoms with Gasteiger partial charge in [0, 0.05) is 38.5 Å². The molecule has 6 aliphatic rings. The number of alkyl carbamates (subject to hydrolysis) is 2. The van der Waals surface area contributed by atoms with E-state index < -0.39 is 24.3 Å². The van der Waals surface area contributed by atoms with E-state index in [9.17, 15) is 19.2 Å². The number of aromatic nitrogens is 4. The average Bonchev–Trinajstić information content (AvgIpc) is 3.78. The largest absolute Gasteiger partial charge is 0.453 e. The van der Waals surface area contributed by atoms with E-state index >= 15 is 0 Å². The van der Waals surface area contributed by atoms with Crippen molar-refractivity contribution in [3.05, 3.63) is 35.4 Å². The van der Waals surface area contributed by atoms with Crippen molar-refractivity contribution >= 4 is 24.0 Å². The van der Waals surface area contributed by atoms with Crippen LogP contribution in [0.25, 0.3) is 0 Å². The lowest BCUT2D eigenvalue weighted by Crippen LogP contribution is -2.54. The predicted octanol–water partition coefficient (Wildman–Crippen LogP) is 2.16. The molecule has 4 N–H and O–H groups in total. The van der Waals surface area contributed by atoms with Gasteiger partial charge in [-0.25, -0.2) is 19.6 Å². The first-order valence-corrected chi connectivity index (χ1v) is 18.4. The van der Waals surface area contributed by atoms with Crippen LogP contribution >= 0.6 is 0 Å². The normalized spacial score (nSPS) is 29.2. The van der Waals surface area contributed by atoms with Crippen LogP contribution in [-0.4, -0.2) is 119 Å². The molecule has 8 atom stereocenters. The van der Waals surface area contributed by atoms with Crippen LogP contribution in [0.4, 0.5) is 9.59 Å². The molecule has 0 unspecified atom stereocenters. The maximum Gasteiger partial charge on any atom is 0.407 e. The number of carbonyl (C=O) groups excluding carboxylic acids is 4. The van der Waals surface area contributed by atoms with Crippen molar-refractivity contribution in [3.63, 3.8) is 0 Å². The van der Waals surface area contributed by atoms with Gasteiger partial charge >= 0.3 is 12.2 Å². The van der Waals surface area contributed by atoms with Gasteiger partial charge in [-0.3, -0.25) is 9.59 Å². The number of amides is 4. The molecule has 278 valence electrons. The highest BCUT2D eigenvalue weighted by Crippen LogP contribution is 2.54. The lowest BCUT2D eigenvalue weighted by atomic mass is 9.90. The Hall–Kier alpha value is -4.62. The Morgan fingerprint density at radius 3 is 1.50 bits per heavy atom. The molecular weight excluding hydrogens is 672 g/mol. The second-order valence-corrected chi connectivity index (χ2v) is 14.9. The summed E-state index contributed by atoms with van der Waals surface area (Å²) in [4.78, 5) is 72.5. The molecule has 2 aromatic heterocycles. The summed E-state index contributed by atoms with van der Waals surface area (Å²) < 4.78 is 20.8. The van der Waals surface area contributed by atoms with E-state index in [0.29, 0.717) is 87.0 Å². The molecule has 16 nitrogen and oxygen atoms in total. The summed E-state index contributed by atoms with van der Waals surface area (Å²) in [5.41, 5.74) is 1.19. The van der Waals surface area contributed by atoms with Crippen molar-refractivity contribution in [2.45, 2.75) is 87.6 Å². The van der Waals surface area contributed by atoms with Gasteiger partial charge in [-0.15, -0.1) is 0 Å². The van der Waals surface area contributed by atoms with Gasteiger partial charge in [-0.05, 0) is 86.9 Å². The number of nitrogens with one attached hydrogen (secondary N) is 4. The third kappa shape index (κ3) is 6.83. The van der Waals surface area contributed by atoms with Crippen molar-refractivity contribution in [3.8, 4) is 11.8 Å². The van der Waals surface area contributed by atoms with Crippen molar-refractivity contribution in [1.29, 1.82) is 0 Å². The zero-order valence-corrected chi connectivity index (χ0v) is 29.5. The maximum atomic E-state index is 14.1. The van der Waals surface area contributed by atoms with E-state index in [0.717, 1.165) is 25.7 Å². The molecular formula is C36H46N8O8. The van der Waals surface area contributed by atoms with Gasteiger partial charge in [0.15, 0.2) is 0 Å². The monoisotopic (exact) mass is 718 g/mol. The van der Waals surface area contributed by atoms with Crippen LogP contribution in [0.2, 0.25) is 0 Å². The first kappa shape index (κ1) is 34.5. The number of H-pyrrole nitrogens is 2. The van der Waals surface area contributed by atoms with Gasteiger partial charge in [0.1, 0.15) is 35.1 Å². The summed E-state index contributed by atoms with van der Waals surface area (Å²) in [7, 11) is 2.60. The summed E-state index contributed by atoms with van der Waals surface area (Å²) in [5, 5.41) is 5.63. The number of carbonyl (C=O) groups is 4.